The van der Waals surface area contributed by atoms with Crippen molar-refractivity contribution in [2.45, 2.75) is 0 Å². The van der Waals surface area contributed by atoms with Crippen LogP contribution >= 0.6 is 23.5 Å². The largest absolute Gasteiger partial charge is 0.618 e. The topological polar surface area (TPSA) is 68.4 Å². The lowest BCUT2D eigenvalue weighted by molar-refractivity contribution is -0.607. The van der Waals surface area contributed by atoms with Crippen molar-refractivity contribution in [1.29, 1.82) is 0 Å². The van der Waals surface area contributed by atoms with Gasteiger partial charge in [-0.05, 0) is 18.6 Å². The molecule has 0 spiro atoms. The van der Waals surface area contributed by atoms with Crippen LogP contribution in [0, 0.1) is 5.21 Å². The van der Waals surface area contributed by atoms with Crippen molar-refractivity contribution in [1.82, 2.24) is 5.43 Å². The van der Waals surface area contributed by atoms with Crippen molar-refractivity contribution in [3.8, 4) is 0 Å². The molecular formula is C9H11N3O2S2. The Bertz CT molecular complexity index is 403. The number of nitrogens with zero attached hydrogens (tertiary/aromatic N) is 2. The second kappa shape index (κ2) is 6.39. The minimum absolute atomic E-state index is 0.0211. The molecule has 0 fully saturated rings. The number of amides is 1. The van der Waals surface area contributed by atoms with Crippen LogP contribution in [-0.2, 0) is 0 Å². The van der Waals surface area contributed by atoms with E-state index in [0.717, 1.165) is 4.38 Å². The van der Waals surface area contributed by atoms with Gasteiger partial charge in [-0.1, -0.05) is 0 Å². The number of thioether (sulfide) groups is 2. The Morgan fingerprint density at radius 1 is 1.44 bits per heavy atom. The number of carbonyl (C=O) groups is 1. The fourth-order valence-electron chi connectivity index (χ4n) is 0.932. The van der Waals surface area contributed by atoms with E-state index in [1.54, 1.807) is 12.1 Å². The van der Waals surface area contributed by atoms with Crippen LogP contribution in [0.25, 0.3) is 0 Å². The van der Waals surface area contributed by atoms with Crippen LogP contribution in [0.1, 0.15) is 10.5 Å². The van der Waals surface area contributed by atoms with E-state index in [1.807, 2.05) is 12.5 Å². The normalized spacial score (nSPS) is 9.62. The summed E-state index contributed by atoms with van der Waals surface area (Å²) in [5, 5.41) is 15.1. The number of nitrogens with one attached hydrogen (secondary N) is 1. The summed E-state index contributed by atoms with van der Waals surface area (Å²) < 4.78 is 1.23. The molecule has 1 aromatic heterocycles. The van der Waals surface area contributed by atoms with Gasteiger partial charge in [0.2, 0.25) is 0 Å². The predicted molar refractivity (Wildman–Crippen MR) is 67.3 cm³/mol. The highest BCUT2D eigenvalue weighted by molar-refractivity contribution is 8.38. The van der Waals surface area contributed by atoms with Crippen LogP contribution in [0.4, 0.5) is 0 Å². The van der Waals surface area contributed by atoms with Crippen LogP contribution in [0.15, 0.2) is 29.5 Å². The Hall–Kier alpha value is -1.21. The highest BCUT2D eigenvalue weighted by Gasteiger charge is 2.14. The van der Waals surface area contributed by atoms with Gasteiger partial charge in [0.1, 0.15) is 4.38 Å². The maximum atomic E-state index is 11.5. The van der Waals surface area contributed by atoms with E-state index in [-0.39, 0.29) is 5.69 Å². The quantitative estimate of drug-likeness (QED) is 0.283. The predicted octanol–water partition coefficient (Wildman–Crippen LogP) is 1.05. The molecule has 0 atom stereocenters. The summed E-state index contributed by atoms with van der Waals surface area (Å²) in [7, 11) is 0. The lowest BCUT2D eigenvalue weighted by atomic mass is 10.3. The zero-order valence-corrected chi connectivity index (χ0v) is 10.5. The Morgan fingerprint density at radius 2 is 2.12 bits per heavy atom. The summed E-state index contributed by atoms with van der Waals surface area (Å²) in [4.78, 5) is 11.5. The first-order valence-corrected chi connectivity index (χ1v) is 6.78. The molecule has 0 aliphatic heterocycles. The molecule has 1 N–H and O–H groups in total. The van der Waals surface area contributed by atoms with Crippen molar-refractivity contribution < 1.29 is 9.52 Å². The van der Waals surface area contributed by atoms with Gasteiger partial charge >= 0.3 is 5.91 Å². The smallest absolute Gasteiger partial charge is 0.337 e. The molecule has 1 amide bonds. The number of carbonyl (C=O) groups excluding carboxylic acids is 1. The molecule has 1 rings (SSSR count). The van der Waals surface area contributed by atoms with Crippen molar-refractivity contribution in [2.24, 2.45) is 5.10 Å². The minimum atomic E-state index is -0.517. The van der Waals surface area contributed by atoms with E-state index >= 15 is 0 Å². The third kappa shape index (κ3) is 3.42. The lowest BCUT2D eigenvalue weighted by Crippen LogP contribution is -2.37. The molecule has 0 saturated heterocycles. The molecule has 86 valence electrons. The molecule has 0 unspecified atom stereocenters. The van der Waals surface area contributed by atoms with Crippen LogP contribution in [0.5, 0.6) is 0 Å². The van der Waals surface area contributed by atoms with Crippen molar-refractivity contribution in [3.05, 3.63) is 35.3 Å². The van der Waals surface area contributed by atoms with E-state index in [9.17, 15) is 10.0 Å². The van der Waals surface area contributed by atoms with E-state index in [1.165, 1.54) is 35.8 Å². The molecule has 0 aliphatic rings. The average Bonchev–Trinajstić information content (AvgIpc) is 2.30. The number of hydrogen-bond donors (Lipinski definition) is 1. The molecule has 16 heavy (non-hydrogen) atoms. The molecule has 1 aromatic rings. The van der Waals surface area contributed by atoms with Gasteiger partial charge in [0, 0.05) is 12.1 Å². The summed E-state index contributed by atoms with van der Waals surface area (Å²) in [6, 6.07) is 4.62. The Morgan fingerprint density at radius 3 is 2.69 bits per heavy atom. The minimum Gasteiger partial charge on any atom is -0.618 e. The third-order valence-corrected chi connectivity index (χ3v) is 3.54. The molecular weight excluding hydrogens is 246 g/mol. The number of aromatic nitrogens is 1. The monoisotopic (exact) mass is 257 g/mol. The van der Waals surface area contributed by atoms with Crippen molar-refractivity contribution in [3.63, 3.8) is 0 Å². The van der Waals surface area contributed by atoms with Crippen molar-refractivity contribution >= 4 is 33.8 Å². The second-order valence-corrected chi connectivity index (χ2v) is 4.49. The van der Waals surface area contributed by atoms with Gasteiger partial charge in [-0.2, -0.15) is 9.83 Å². The van der Waals surface area contributed by atoms with Gasteiger partial charge < -0.3 is 5.21 Å². The Kier molecular flexibility index (Phi) is 5.13. The molecule has 0 bridgehead atoms. The first kappa shape index (κ1) is 12.9. The fraction of sp³-hybridized carbons (Fsp3) is 0.222. The van der Waals surface area contributed by atoms with Crippen LogP contribution in [0.3, 0.4) is 0 Å². The van der Waals surface area contributed by atoms with Crippen LogP contribution in [0.2, 0.25) is 0 Å². The molecule has 0 saturated carbocycles. The SMILES string of the molecule is CSC(=NNC(=O)c1cccc[n+]1[O-])SC. The van der Waals surface area contributed by atoms with Gasteiger partial charge in [0.05, 0.1) is 0 Å². The molecule has 1 heterocycles. The summed E-state index contributed by atoms with van der Waals surface area (Å²) in [6.07, 6.45) is 4.98. The van der Waals surface area contributed by atoms with E-state index in [4.69, 9.17) is 0 Å². The van der Waals surface area contributed by atoms with Gasteiger partial charge in [-0.3, -0.25) is 4.79 Å². The molecule has 0 aromatic carbocycles. The van der Waals surface area contributed by atoms with Crippen molar-refractivity contribution in [2.75, 3.05) is 12.5 Å². The molecule has 5 nitrogen and oxygen atoms in total. The maximum Gasteiger partial charge on any atom is 0.337 e. The number of rotatable bonds is 2. The zero-order chi connectivity index (χ0) is 12.0. The molecule has 7 heteroatoms. The lowest BCUT2D eigenvalue weighted by Gasteiger charge is -2.02. The first-order valence-electron chi connectivity index (χ1n) is 4.33. The maximum absolute atomic E-state index is 11.5. The Labute approximate surface area is 102 Å². The molecule has 0 aliphatic carbocycles. The van der Waals surface area contributed by atoms with E-state index < -0.39 is 5.91 Å². The fourth-order valence-corrected chi connectivity index (χ4v) is 1.87. The van der Waals surface area contributed by atoms with Gasteiger partial charge in [-0.15, -0.1) is 23.5 Å². The highest BCUT2D eigenvalue weighted by Crippen LogP contribution is 2.09. The van der Waals surface area contributed by atoms with E-state index in [2.05, 4.69) is 10.5 Å². The standard InChI is InChI=1S/C9H11N3O2S2/c1-15-9(16-2)11-10-8(13)7-5-3-4-6-12(7)14/h3-6H,1-2H3,(H,10,13). The Balaban J connectivity index is 2.74. The van der Waals surface area contributed by atoms with Gasteiger partial charge in [0.15, 0.2) is 6.20 Å². The molecule has 0 radical (unpaired) electrons. The van der Waals surface area contributed by atoms with E-state index in [0.29, 0.717) is 4.73 Å². The third-order valence-electron chi connectivity index (χ3n) is 1.65. The van der Waals surface area contributed by atoms with Crippen LogP contribution < -0.4 is 10.2 Å². The second-order valence-electron chi connectivity index (χ2n) is 2.64. The average molecular weight is 257 g/mol. The zero-order valence-electron chi connectivity index (χ0n) is 8.84. The summed E-state index contributed by atoms with van der Waals surface area (Å²) in [5.41, 5.74) is 2.35. The number of hydrogen-bond acceptors (Lipinski definition) is 5. The van der Waals surface area contributed by atoms with Gasteiger partial charge in [0.25, 0.3) is 5.69 Å². The first-order chi connectivity index (χ1) is 7.69. The number of pyridine rings is 1. The highest BCUT2D eigenvalue weighted by atomic mass is 32.2. The van der Waals surface area contributed by atoms with Crippen LogP contribution in [-0.4, -0.2) is 22.8 Å². The summed E-state index contributed by atoms with van der Waals surface area (Å²) >= 11 is 2.85. The summed E-state index contributed by atoms with van der Waals surface area (Å²) in [5.74, 6) is -0.517. The van der Waals surface area contributed by atoms with Gasteiger partial charge in [-0.25, -0.2) is 5.43 Å². The number of hydrazone groups is 1. The summed E-state index contributed by atoms with van der Waals surface area (Å²) in [6.45, 7) is 0.